The SMILES string of the molecule is C[Si](C)(C)CCOCn1cc(Cl)nc1-c1ncn2cc(-c3c(F)ccc(N)c3F)ccc12. The van der Waals surface area contributed by atoms with Crippen LogP contribution in [-0.4, -0.2) is 33.6 Å². The highest BCUT2D eigenvalue weighted by atomic mass is 35.5. The summed E-state index contributed by atoms with van der Waals surface area (Å²) in [5, 5.41) is 0.329. The topological polar surface area (TPSA) is 70.4 Å². The van der Waals surface area contributed by atoms with E-state index in [1.807, 2.05) is 0 Å². The van der Waals surface area contributed by atoms with E-state index >= 15 is 0 Å². The van der Waals surface area contributed by atoms with Gasteiger partial charge in [-0.15, -0.1) is 0 Å². The third-order valence-electron chi connectivity index (χ3n) is 5.13. The van der Waals surface area contributed by atoms with Crippen molar-refractivity contribution in [3.05, 3.63) is 59.8 Å². The monoisotopic (exact) mass is 475 g/mol. The van der Waals surface area contributed by atoms with E-state index in [0.717, 1.165) is 12.1 Å². The zero-order valence-corrected chi connectivity index (χ0v) is 19.8. The predicted octanol–water partition coefficient (Wildman–Crippen LogP) is 5.69. The van der Waals surface area contributed by atoms with E-state index in [9.17, 15) is 8.78 Å². The van der Waals surface area contributed by atoms with Gasteiger partial charge in [-0.2, -0.15) is 0 Å². The number of fused-ring (bicyclic) bond motifs is 1. The Labute approximate surface area is 190 Å². The van der Waals surface area contributed by atoms with E-state index in [1.54, 1.807) is 39.8 Å². The Morgan fingerprint density at radius 2 is 1.91 bits per heavy atom. The van der Waals surface area contributed by atoms with Gasteiger partial charge in [0.1, 0.15) is 29.7 Å². The van der Waals surface area contributed by atoms with Crippen LogP contribution in [0.5, 0.6) is 0 Å². The molecule has 0 aliphatic rings. The summed E-state index contributed by atoms with van der Waals surface area (Å²) >= 11 is 6.16. The number of rotatable bonds is 7. The largest absolute Gasteiger partial charge is 0.396 e. The molecule has 0 fully saturated rings. The quantitative estimate of drug-likeness (QED) is 0.212. The second-order valence-electron chi connectivity index (χ2n) is 8.83. The average Bonchev–Trinajstić information content (AvgIpc) is 3.30. The van der Waals surface area contributed by atoms with Crippen LogP contribution in [0, 0.1) is 11.6 Å². The fourth-order valence-corrected chi connectivity index (χ4v) is 4.32. The molecule has 1 aromatic carbocycles. The first kappa shape index (κ1) is 22.4. The summed E-state index contributed by atoms with van der Waals surface area (Å²) in [4.78, 5) is 8.86. The maximum atomic E-state index is 14.5. The molecule has 168 valence electrons. The Hall–Kier alpha value is -2.75. The molecule has 0 spiro atoms. The van der Waals surface area contributed by atoms with Gasteiger partial charge < -0.3 is 19.4 Å². The van der Waals surface area contributed by atoms with Crippen LogP contribution in [0.1, 0.15) is 0 Å². The number of aromatic nitrogens is 4. The number of nitrogens with two attached hydrogens (primary N) is 1. The molecule has 0 saturated heterocycles. The minimum Gasteiger partial charge on any atom is -0.396 e. The molecular weight excluding hydrogens is 452 g/mol. The maximum absolute atomic E-state index is 14.5. The number of ether oxygens (including phenoxy) is 1. The van der Waals surface area contributed by atoms with E-state index < -0.39 is 19.7 Å². The molecule has 4 rings (SSSR count). The lowest BCUT2D eigenvalue weighted by Crippen LogP contribution is -2.22. The van der Waals surface area contributed by atoms with Gasteiger partial charge in [0.15, 0.2) is 11.6 Å². The molecule has 0 radical (unpaired) electrons. The smallest absolute Gasteiger partial charge is 0.164 e. The van der Waals surface area contributed by atoms with Gasteiger partial charge in [0.25, 0.3) is 0 Å². The highest BCUT2D eigenvalue weighted by Crippen LogP contribution is 2.31. The molecule has 0 saturated carbocycles. The summed E-state index contributed by atoms with van der Waals surface area (Å²) in [6.45, 7) is 7.85. The third-order valence-corrected chi connectivity index (χ3v) is 7.01. The molecule has 3 aromatic heterocycles. The average molecular weight is 476 g/mol. The van der Waals surface area contributed by atoms with Crippen molar-refractivity contribution in [2.75, 3.05) is 12.3 Å². The van der Waals surface area contributed by atoms with Crippen LogP contribution >= 0.6 is 11.6 Å². The molecular formula is C22H24ClF2N5OSi. The van der Waals surface area contributed by atoms with Gasteiger partial charge in [-0.05, 0) is 24.2 Å². The van der Waals surface area contributed by atoms with Crippen molar-refractivity contribution in [1.29, 1.82) is 0 Å². The number of hydrogen-bond donors (Lipinski definition) is 1. The lowest BCUT2D eigenvalue weighted by Gasteiger charge is -2.15. The minimum absolute atomic E-state index is 0.112. The minimum atomic E-state index is -1.19. The fraction of sp³-hybridized carbons (Fsp3) is 0.273. The van der Waals surface area contributed by atoms with Crippen molar-refractivity contribution in [1.82, 2.24) is 18.9 Å². The van der Waals surface area contributed by atoms with Crippen LogP contribution in [-0.2, 0) is 11.5 Å². The first-order valence-electron chi connectivity index (χ1n) is 10.2. The molecule has 0 unspecified atom stereocenters. The molecule has 6 nitrogen and oxygen atoms in total. The molecule has 0 bridgehead atoms. The molecule has 0 aliphatic heterocycles. The lowest BCUT2D eigenvalue weighted by molar-refractivity contribution is 0.0882. The first-order valence-corrected chi connectivity index (χ1v) is 14.2. The number of benzene rings is 1. The van der Waals surface area contributed by atoms with Crippen molar-refractivity contribution in [3.8, 4) is 22.6 Å². The standard InChI is InChI=1S/C22H24ClF2N5OSi/c1-32(2,3)9-8-31-13-30-11-18(23)28-22(30)21-17-7-4-14(10-29(17)12-27-21)19-15(24)5-6-16(26)20(19)25/h4-7,10-12H,8-9,13,26H2,1-3H3. The van der Waals surface area contributed by atoms with Gasteiger partial charge in [0, 0.05) is 32.6 Å². The zero-order valence-electron chi connectivity index (χ0n) is 18.1. The number of halogens is 3. The summed E-state index contributed by atoms with van der Waals surface area (Å²) in [6, 6.07) is 6.77. The van der Waals surface area contributed by atoms with Gasteiger partial charge in [-0.1, -0.05) is 37.3 Å². The predicted molar refractivity (Wildman–Crippen MR) is 125 cm³/mol. The van der Waals surface area contributed by atoms with Gasteiger partial charge in [0.05, 0.1) is 16.8 Å². The number of imidazole rings is 2. The van der Waals surface area contributed by atoms with Crippen molar-refractivity contribution < 1.29 is 13.5 Å². The summed E-state index contributed by atoms with van der Waals surface area (Å²) in [7, 11) is -1.19. The van der Waals surface area contributed by atoms with Crippen molar-refractivity contribution in [2.45, 2.75) is 32.4 Å². The second-order valence-corrected chi connectivity index (χ2v) is 14.8. The van der Waals surface area contributed by atoms with E-state index in [2.05, 4.69) is 29.6 Å². The van der Waals surface area contributed by atoms with Gasteiger partial charge >= 0.3 is 0 Å². The number of pyridine rings is 1. The zero-order chi connectivity index (χ0) is 23.0. The Balaban J connectivity index is 1.66. The van der Waals surface area contributed by atoms with E-state index in [0.29, 0.717) is 41.1 Å². The van der Waals surface area contributed by atoms with Crippen LogP contribution in [0.15, 0.2) is 43.0 Å². The van der Waals surface area contributed by atoms with E-state index in [-0.39, 0.29) is 11.3 Å². The molecule has 4 aromatic rings. The molecule has 10 heteroatoms. The highest BCUT2D eigenvalue weighted by Gasteiger charge is 2.19. The summed E-state index contributed by atoms with van der Waals surface area (Å²) in [5.41, 5.74) is 6.98. The Kier molecular flexibility index (Phi) is 6.06. The Bertz CT molecular complexity index is 1280. The molecule has 0 aliphatic carbocycles. The number of hydrogen-bond acceptors (Lipinski definition) is 4. The van der Waals surface area contributed by atoms with Crippen molar-refractivity contribution in [3.63, 3.8) is 0 Å². The Morgan fingerprint density at radius 1 is 1.12 bits per heavy atom. The van der Waals surface area contributed by atoms with Crippen molar-refractivity contribution in [2.24, 2.45) is 0 Å². The molecule has 32 heavy (non-hydrogen) atoms. The van der Waals surface area contributed by atoms with Crippen LogP contribution < -0.4 is 5.73 Å². The third kappa shape index (κ3) is 4.55. The number of anilines is 1. The van der Waals surface area contributed by atoms with Gasteiger partial charge in [-0.25, -0.2) is 18.7 Å². The second kappa shape index (κ2) is 8.65. The summed E-state index contributed by atoms with van der Waals surface area (Å²) in [6.07, 6.45) is 4.86. The molecule has 0 amide bonds. The first-order chi connectivity index (χ1) is 15.1. The van der Waals surface area contributed by atoms with Crippen molar-refractivity contribution >= 4 is 30.9 Å². The maximum Gasteiger partial charge on any atom is 0.164 e. The van der Waals surface area contributed by atoms with E-state index in [1.165, 1.54) is 6.07 Å². The summed E-state index contributed by atoms with van der Waals surface area (Å²) in [5.74, 6) is -0.920. The Morgan fingerprint density at radius 3 is 2.66 bits per heavy atom. The summed E-state index contributed by atoms with van der Waals surface area (Å²) < 4.78 is 38.1. The van der Waals surface area contributed by atoms with E-state index in [4.69, 9.17) is 22.1 Å². The molecule has 0 atom stereocenters. The molecule has 3 heterocycles. The molecule has 2 N–H and O–H groups in total. The van der Waals surface area contributed by atoms with Crippen LogP contribution in [0.25, 0.3) is 28.2 Å². The fourth-order valence-electron chi connectivity index (χ4n) is 3.37. The van der Waals surface area contributed by atoms with Crippen LogP contribution in [0.3, 0.4) is 0 Å². The number of nitrogen functional groups attached to an aromatic ring is 1. The van der Waals surface area contributed by atoms with Crippen LogP contribution in [0.4, 0.5) is 14.5 Å². The normalized spacial score (nSPS) is 12.1. The lowest BCUT2D eigenvalue weighted by atomic mass is 10.0. The van der Waals surface area contributed by atoms with Crippen LogP contribution in [0.2, 0.25) is 30.8 Å². The van der Waals surface area contributed by atoms with Gasteiger partial charge in [0.2, 0.25) is 0 Å². The number of nitrogens with zero attached hydrogens (tertiary/aromatic N) is 4. The van der Waals surface area contributed by atoms with Gasteiger partial charge in [-0.3, -0.25) is 0 Å². The highest BCUT2D eigenvalue weighted by molar-refractivity contribution is 6.76.